The Morgan fingerprint density at radius 3 is 2.68 bits per heavy atom. The Balaban J connectivity index is 2.29. The summed E-state index contributed by atoms with van der Waals surface area (Å²) in [4.78, 5) is 26.8. The van der Waals surface area contributed by atoms with E-state index in [-0.39, 0.29) is 5.82 Å². The third-order valence-electron chi connectivity index (χ3n) is 3.25. The van der Waals surface area contributed by atoms with Crippen LogP contribution >= 0.6 is 0 Å². The van der Waals surface area contributed by atoms with Crippen LogP contribution < -0.4 is 11.4 Å². The topological polar surface area (TPSA) is 126 Å². The first-order valence-electron chi connectivity index (χ1n) is 7.34. The number of carbonyl (C=O) groups is 1. The van der Waals surface area contributed by atoms with Gasteiger partial charge in [-0.15, -0.1) is 0 Å². The van der Waals surface area contributed by atoms with Crippen LogP contribution in [0.2, 0.25) is 0 Å². The van der Waals surface area contributed by atoms with Gasteiger partial charge in [0.25, 0.3) is 0 Å². The predicted octanol–water partition coefficient (Wildman–Crippen LogP) is 0.671. The average molecular weight is 363 g/mol. The van der Waals surface area contributed by atoms with Crippen LogP contribution in [-0.2, 0) is 14.2 Å². The highest BCUT2D eigenvalue weighted by atomic mass is 19.3. The number of ether oxygens (including phenoxy) is 3. The molecule has 0 spiro atoms. The van der Waals surface area contributed by atoms with Crippen LogP contribution in [0.15, 0.2) is 17.1 Å². The number of nitrogens with zero attached hydrogens (tertiary/aromatic N) is 2. The summed E-state index contributed by atoms with van der Waals surface area (Å²) in [5, 5.41) is 9.28. The first-order chi connectivity index (χ1) is 11.5. The number of anilines is 1. The molecule has 9 nitrogen and oxygen atoms in total. The molecule has 140 valence electrons. The van der Waals surface area contributed by atoms with E-state index in [1.807, 2.05) is 0 Å². The second-order valence-electron chi connectivity index (χ2n) is 6.43. The maximum atomic E-state index is 14.7. The Kier molecular flexibility index (Phi) is 5.00. The summed E-state index contributed by atoms with van der Waals surface area (Å²) >= 11 is 0. The second-order valence-corrected chi connectivity index (χ2v) is 6.43. The van der Waals surface area contributed by atoms with Crippen LogP contribution in [0.1, 0.15) is 27.0 Å². The average Bonchev–Trinajstić information content (AvgIpc) is 2.69. The molecule has 1 fully saturated rings. The number of aromatic nitrogens is 2. The van der Waals surface area contributed by atoms with Crippen LogP contribution in [0, 0.1) is 0 Å². The molecule has 11 heteroatoms. The number of aliphatic hydroxyl groups is 1. The number of aliphatic hydroxyl groups excluding tert-OH is 1. The molecule has 2 heterocycles. The van der Waals surface area contributed by atoms with Gasteiger partial charge >= 0.3 is 17.8 Å². The molecule has 25 heavy (non-hydrogen) atoms. The highest BCUT2D eigenvalue weighted by Gasteiger charge is 2.62. The summed E-state index contributed by atoms with van der Waals surface area (Å²) in [7, 11) is 0. The molecule has 3 atom stereocenters. The van der Waals surface area contributed by atoms with E-state index in [9.17, 15) is 23.5 Å². The molecule has 0 aromatic carbocycles. The molecular formula is C14H19F2N3O6. The number of alkyl halides is 2. The van der Waals surface area contributed by atoms with Crippen LogP contribution in [-0.4, -0.2) is 51.2 Å². The zero-order chi connectivity index (χ0) is 19.0. The third-order valence-corrected chi connectivity index (χ3v) is 3.25. The number of hydrogen-bond donors (Lipinski definition) is 2. The second kappa shape index (κ2) is 6.56. The number of rotatable bonds is 3. The van der Waals surface area contributed by atoms with E-state index in [1.54, 1.807) is 0 Å². The molecule has 1 aliphatic heterocycles. The molecular weight excluding hydrogens is 344 g/mol. The maximum Gasteiger partial charge on any atom is 0.509 e. The number of carbonyl (C=O) groups excluding carboxylic acids is 1. The Hall–Kier alpha value is -2.27. The largest absolute Gasteiger partial charge is 0.509 e. The Labute approximate surface area is 141 Å². The maximum absolute atomic E-state index is 14.7. The minimum absolute atomic E-state index is 0.150. The Bertz CT molecular complexity index is 703. The van der Waals surface area contributed by atoms with E-state index < -0.39 is 48.4 Å². The lowest BCUT2D eigenvalue weighted by atomic mass is 10.1. The van der Waals surface area contributed by atoms with E-state index in [2.05, 4.69) is 9.72 Å². The fraction of sp³-hybridized carbons (Fsp3) is 0.643. The van der Waals surface area contributed by atoms with Crippen molar-refractivity contribution in [3.63, 3.8) is 0 Å². The van der Waals surface area contributed by atoms with Gasteiger partial charge in [0.05, 0.1) is 6.61 Å². The summed E-state index contributed by atoms with van der Waals surface area (Å²) < 4.78 is 44.4. The highest BCUT2D eigenvalue weighted by Crippen LogP contribution is 2.44. The molecule has 1 aliphatic rings. The zero-order valence-corrected chi connectivity index (χ0v) is 13.8. The molecule has 3 N–H and O–H groups in total. The summed E-state index contributed by atoms with van der Waals surface area (Å²) in [6, 6.07) is 1.14. The summed E-state index contributed by atoms with van der Waals surface area (Å²) in [5.41, 5.74) is 3.29. The van der Waals surface area contributed by atoms with Crippen molar-refractivity contribution in [3.8, 4) is 0 Å². The minimum Gasteiger partial charge on any atom is -0.429 e. The third kappa shape index (κ3) is 4.04. The summed E-state index contributed by atoms with van der Waals surface area (Å²) in [6.07, 6.45) is -6.20. The van der Waals surface area contributed by atoms with E-state index in [0.29, 0.717) is 4.57 Å². The minimum atomic E-state index is -3.83. The molecule has 0 saturated carbocycles. The van der Waals surface area contributed by atoms with Crippen LogP contribution in [0.5, 0.6) is 0 Å². The van der Waals surface area contributed by atoms with Gasteiger partial charge in [-0.3, -0.25) is 4.57 Å². The van der Waals surface area contributed by atoms with Gasteiger partial charge in [-0.05, 0) is 26.8 Å². The molecule has 1 aromatic heterocycles. The van der Waals surface area contributed by atoms with Crippen molar-refractivity contribution in [2.75, 3.05) is 12.3 Å². The van der Waals surface area contributed by atoms with E-state index in [1.165, 1.54) is 20.8 Å². The van der Waals surface area contributed by atoms with Gasteiger partial charge in [0, 0.05) is 6.20 Å². The van der Waals surface area contributed by atoms with Crippen LogP contribution in [0.25, 0.3) is 0 Å². The van der Waals surface area contributed by atoms with E-state index in [4.69, 9.17) is 15.2 Å². The molecule has 0 radical (unpaired) electrons. The highest BCUT2D eigenvalue weighted by molar-refractivity contribution is 5.61. The normalized spacial score (nSPS) is 25.6. The quantitative estimate of drug-likeness (QED) is 0.751. The monoisotopic (exact) mass is 363 g/mol. The van der Waals surface area contributed by atoms with E-state index >= 15 is 0 Å². The van der Waals surface area contributed by atoms with Gasteiger partial charge in [-0.2, -0.15) is 13.8 Å². The Morgan fingerprint density at radius 2 is 2.16 bits per heavy atom. The molecule has 1 aromatic rings. The molecule has 2 rings (SSSR count). The number of nitrogen functional groups attached to an aromatic ring is 1. The fourth-order valence-corrected chi connectivity index (χ4v) is 2.24. The summed E-state index contributed by atoms with van der Waals surface area (Å²) in [6.45, 7) is 3.73. The molecule has 1 saturated heterocycles. The van der Waals surface area contributed by atoms with Crippen LogP contribution in [0.4, 0.5) is 19.4 Å². The lowest BCUT2D eigenvalue weighted by molar-refractivity contribution is -0.149. The zero-order valence-electron chi connectivity index (χ0n) is 13.8. The van der Waals surface area contributed by atoms with Crippen molar-refractivity contribution in [1.29, 1.82) is 0 Å². The van der Waals surface area contributed by atoms with Gasteiger partial charge in [-0.1, -0.05) is 0 Å². The van der Waals surface area contributed by atoms with Gasteiger partial charge in [0.2, 0.25) is 12.3 Å². The number of halogens is 2. The molecule has 0 aliphatic carbocycles. The van der Waals surface area contributed by atoms with Crippen molar-refractivity contribution in [3.05, 3.63) is 22.7 Å². The SMILES string of the molecule is CC(C)(C)OC(=O)OC1[C@@H](CO)O[C@@H](n2ccc(N)nc2=O)C1(F)F. The smallest absolute Gasteiger partial charge is 0.429 e. The van der Waals surface area contributed by atoms with Crippen molar-refractivity contribution < 1.29 is 32.9 Å². The first kappa shape index (κ1) is 19.1. The van der Waals surface area contributed by atoms with Gasteiger partial charge in [0.15, 0.2) is 0 Å². The van der Waals surface area contributed by atoms with Crippen molar-refractivity contribution in [1.82, 2.24) is 9.55 Å². The number of nitrogens with two attached hydrogens (primary N) is 1. The standard InChI is InChI=1S/C14H19F2N3O6/c1-13(2,3)25-12(22)24-9-7(6-20)23-10(14(9,15)16)19-5-4-8(17)18-11(19)21/h4-5,7,9-10,20H,6H2,1-3H3,(H2,17,18,21)/t7-,9?,10-/m1/s1. The van der Waals surface area contributed by atoms with E-state index in [0.717, 1.165) is 12.3 Å². The summed E-state index contributed by atoms with van der Waals surface area (Å²) in [5.74, 6) is -3.98. The molecule has 0 bridgehead atoms. The fourth-order valence-electron chi connectivity index (χ4n) is 2.24. The molecule has 0 amide bonds. The lowest BCUT2D eigenvalue weighted by Gasteiger charge is -2.25. The van der Waals surface area contributed by atoms with Crippen molar-refractivity contribution in [2.45, 2.75) is 50.7 Å². The van der Waals surface area contributed by atoms with Gasteiger partial charge < -0.3 is 25.1 Å². The van der Waals surface area contributed by atoms with Crippen LogP contribution in [0.3, 0.4) is 0 Å². The first-order valence-corrected chi connectivity index (χ1v) is 7.34. The molecule has 1 unspecified atom stereocenters. The lowest BCUT2D eigenvalue weighted by Crippen LogP contribution is -2.45. The Morgan fingerprint density at radius 1 is 1.52 bits per heavy atom. The van der Waals surface area contributed by atoms with Crippen molar-refractivity contribution in [2.24, 2.45) is 0 Å². The van der Waals surface area contributed by atoms with Gasteiger partial charge in [0.1, 0.15) is 17.5 Å². The van der Waals surface area contributed by atoms with Gasteiger partial charge in [-0.25, -0.2) is 9.59 Å². The van der Waals surface area contributed by atoms with Crippen molar-refractivity contribution >= 4 is 12.0 Å². The predicted molar refractivity (Wildman–Crippen MR) is 80.0 cm³/mol. The number of hydrogen-bond acceptors (Lipinski definition) is 8.